The van der Waals surface area contributed by atoms with Crippen LogP contribution in [0.25, 0.3) is 0 Å². The highest BCUT2D eigenvalue weighted by molar-refractivity contribution is 5.80. The van der Waals surface area contributed by atoms with Crippen LogP contribution in [0.1, 0.15) is 67.9 Å². The molecule has 2 aromatic carbocycles. The van der Waals surface area contributed by atoms with Crippen LogP contribution in [0.5, 0.6) is 5.75 Å². The fraction of sp³-hybridized carbons (Fsp3) is 0.381. The number of hydrogen-bond acceptors (Lipinski definition) is 3. The second-order valence-corrected chi connectivity index (χ2v) is 6.87. The molecule has 0 fully saturated rings. The first-order valence-electron chi connectivity index (χ1n) is 8.63. The molecule has 1 atom stereocenters. The van der Waals surface area contributed by atoms with E-state index in [0.29, 0.717) is 17.4 Å². The van der Waals surface area contributed by atoms with Gasteiger partial charge in [0.1, 0.15) is 12.4 Å². The Labute approximate surface area is 149 Å². The number of para-hydroxylation sites is 1. The number of carbonyl (C=O) groups is 1. The molecule has 0 heterocycles. The van der Waals surface area contributed by atoms with Crippen LogP contribution in [0.15, 0.2) is 42.5 Å². The van der Waals surface area contributed by atoms with Gasteiger partial charge in [-0.3, -0.25) is 4.79 Å². The van der Waals surface area contributed by atoms with Crippen molar-refractivity contribution in [1.82, 2.24) is 0 Å². The minimum atomic E-state index is -1.33. The third-order valence-electron chi connectivity index (χ3n) is 4.31. The van der Waals surface area contributed by atoms with E-state index in [2.05, 4.69) is 45.9 Å². The Morgan fingerprint density at radius 3 is 2.00 bits per heavy atom. The van der Waals surface area contributed by atoms with Crippen molar-refractivity contribution in [3.05, 3.63) is 64.7 Å². The first-order chi connectivity index (χ1) is 11.8. The number of benzene rings is 2. The molecule has 1 amide bonds. The van der Waals surface area contributed by atoms with Crippen molar-refractivity contribution in [1.29, 1.82) is 0 Å². The average molecular weight is 341 g/mol. The minimum absolute atomic E-state index is 0.268. The maximum atomic E-state index is 11.3. The van der Waals surface area contributed by atoms with Gasteiger partial charge in [0.05, 0.1) is 0 Å². The Bertz CT molecular complexity index is 711. The fourth-order valence-electron chi connectivity index (χ4n) is 2.89. The average Bonchev–Trinajstić information content (AvgIpc) is 2.58. The molecule has 0 saturated carbocycles. The van der Waals surface area contributed by atoms with Crippen molar-refractivity contribution in [2.45, 2.75) is 52.2 Å². The molecule has 0 spiro atoms. The molecule has 4 nitrogen and oxygen atoms in total. The molecular weight excluding hydrogens is 314 g/mol. The third-order valence-corrected chi connectivity index (χ3v) is 4.31. The molecule has 0 aromatic heterocycles. The normalized spacial score (nSPS) is 12.4. The second-order valence-electron chi connectivity index (χ2n) is 6.87. The molecule has 0 aliphatic rings. The summed E-state index contributed by atoms with van der Waals surface area (Å²) in [6, 6.07) is 13.4. The molecule has 0 saturated heterocycles. The summed E-state index contributed by atoms with van der Waals surface area (Å²) in [6.07, 6.45) is -1.33. The lowest BCUT2D eigenvalue weighted by atomic mass is 9.94. The van der Waals surface area contributed by atoms with E-state index in [9.17, 15) is 9.90 Å². The smallest absolute Gasteiger partial charge is 0.250 e. The van der Waals surface area contributed by atoms with Crippen molar-refractivity contribution in [3.8, 4) is 5.75 Å². The highest BCUT2D eigenvalue weighted by atomic mass is 16.5. The van der Waals surface area contributed by atoms with Crippen LogP contribution in [-0.4, -0.2) is 11.0 Å². The lowest BCUT2D eigenvalue weighted by Crippen LogP contribution is -2.22. The minimum Gasteiger partial charge on any atom is -0.488 e. The summed E-state index contributed by atoms with van der Waals surface area (Å²) in [5, 5.41) is 10.0. The summed E-state index contributed by atoms with van der Waals surface area (Å²) < 4.78 is 6.18. The predicted molar refractivity (Wildman–Crippen MR) is 99.5 cm³/mol. The number of rotatable bonds is 7. The van der Waals surface area contributed by atoms with Crippen molar-refractivity contribution in [2.75, 3.05) is 0 Å². The van der Waals surface area contributed by atoms with Gasteiger partial charge in [-0.05, 0) is 34.1 Å². The van der Waals surface area contributed by atoms with Crippen molar-refractivity contribution in [3.63, 3.8) is 0 Å². The van der Waals surface area contributed by atoms with Crippen molar-refractivity contribution < 1.29 is 14.6 Å². The van der Waals surface area contributed by atoms with E-state index in [0.717, 1.165) is 22.4 Å². The molecule has 3 N–H and O–H groups in total. The van der Waals surface area contributed by atoms with E-state index < -0.39 is 12.0 Å². The maximum Gasteiger partial charge on any atom is 0.250 e. The summed E-state index contributed by atoms with van der Waals surface area (Å²) in [7, 11) is 0. The topological polar surface area (TPSA) is 72.6 Å². The largest absolute Gasteiger partial charge is 0.488 e. The third kappa shape index (κ3) is 4.40. The molecule has 134 valence electrons. The van der Waals surface area contributed by atoms with E-state index >= 15 is 0 Å². The Hall–Kier alpha value is -2.33. The van der Waals surface area contributed by atoms with Crippen LogP contribution in [0.2, 0.25) is 0 Å². The van der Waals surface area contributed by atoms with Crippen molar-refractivity contribution in [2.24, 2.45) is 5.73 Å². The number of hydrogen-bond donors (Lipinski definition) is 2. The summed E-state index contributed by atoms with van der Waals surface area (Å²) in [5.41, 5.74) is 8.79. The van der Waals surface area contributed by atoms with Gasteiger partial charge in [-0.1, -0.05) is 70.2 Å². The number of primary amides is 1. The summed E-state index contributed by atoms with van der Waals surface area (Å²) in [4.78, 5) is 11.3. The van der Waals surface area contributed by atoms with Crippen molar-refractivity contribution >= 4 is 5.91 Å². The zero-order valence-corrected chi connectivity index (χ0v) is 15.3. The standard InChI is InChI=1S/C21H27NO3/c1-13(2)16-10-7-11-17(14(3)4)20(16)25-12-15-8-5-6-9-18(15)19(23)21(22)24/h5-11,13-14,19,23H,12H2,1-4H3,(H2,22,24). The van der Waals surface area contributed by atoms with Crippen LogP contribution in [0.3, 0.4) is 0 Å². The monoisotopic (exact) mass is 341 g/mol. The molecule has 1 unspecified atom stereocenters. The van der Waals surface area contributed by atoms with Crippen LogP contribution in [0.4, 0.5) is 0 Å². The molecule has 0 radical (unpaired) electrons. The van der Waals surface area contributed by atoms with E-state index in [4.69, 9.17) is 10.5 Å². The first-order valence-corrected chi connectivity index (χ1v) is 8.63. The molecule has 0 aliphatic heterocycles. The lowest BCUT2D eigenvalue weighted by Gasteiger charge is -2.21. The number of aliphatic hydroxyl groups excluding tert-OH is 1. The quantitative estimate of drug-likeness (QED) is 0.798. The van der Waals surface area contributed by atoms with Crippen LogP contribution >= 0.6 is 0 Å². The van der Waals surface area contributed by atoms with Gasteiger partial charge in [-0.2, -0.15) is 0 Å². The molecule has 2 rings (SSSR count). The van der Waals surface area contributed by atoms with Gasteiger partial charge in [-0.25, -0.2) is 0 Å². The number of carbonyl (C=O) groups excluding carboxylic acids is 1. The Morgan fingerprint density at radius 1 is 0.960 bits per heavy atom. The Balaban J connectivity index is 2.35. The van der Waals surface area contributed by atoms with Gasteiger partial charge >= 0.3 is 0 Å². The number of aliphatic hydroxyl groups is 1. The summed E-state index contributed by atoms with van der Waals surface area (Å²) in [5.74, 6) is 0.786. The molecular formula is C21H27NO3. The molecule has 4 heteroatoms. The number of ether oxygens (including phenoxy) is 1. The molecule has 2 aromatic rings. The summed E-state index contributed by atoms with van der Waals surface area (Å²) in [6.45, 7) is 8.81. The van der Waals surface area contributed by atoms with Gasteiger partial charge in [0, 0.05) is 0 Å². The van der Waals surface area contributed by atoms with Gasteiger partial charge in [0.15, 0.2) is 6.10 Å². The van der Waals surface area contributed by atoms with E-state index in [1.165, 1.54) is 0 Å². The zero-order chi connectivity index (χ0) is 18.6. The summed E-state index contributed by atoms with van der Waals surface area (Å²) >= 11 is 0. The highest BCUT2D eigenvalue weighted by Gasteiger charge is 2.19. The van der Waals surface area contributed by atoms with Crippen LogP contribution in [-0.2, 0) is 11.4 Å². The van der Waals surface area contributed by atoms with E-state index in [1.807, 2.05) is 12.1 Å². The second kappa shape index (κ2) is 8.17. The van der Waals surface area contributed by atoms with Gasteiger partial charge in [0.25, 0.3) is 5.91 Å². The maximum absolute atomic E-state index is 11.3. The number of nitrogens with two attached hydrogens (primary N) is 1. The Morgan fingerprint density at radius 2 is 1.48 bits per heavy atom. The first kappa shape index (κ1) is 19.0. The van der Waals surface area contributed by atoms with Crippen LogP contribution < -0.4 is 10.5 Å². The Kier molecular flexibility index (Phi) is 6.21. The van der Waals surface area contributed by atoms with Gasteiger partial charge < -0.3 is 15.6 Å². The zero-order valence-electron chi connectivity index (χ0n) is 15.3. The highest BCUT2D eigenvalue weighted by Crippen LogP contribution is 2.35. The molecule has 0 aliphatic carbocycles. The van der Waals surface area contributed by atoms with Gasteiger partial charge in [0.2, 0.25) is 0 Å². The SMILES string of the molecule is CC(C)c1cccc(C(C)C)c1OCc1ccccc1C(O)C(N)=O. The van der Waals surface area contributed by atoms with Crippen LogP contribution in [0, 0.1) is 0 Å². The fourth-order valence-corrected chi connectivity index (χ4v) is 2.89. The predicted octanol–water partition coefficient (Wildman–Crippen LogP) is 4.03. The van der Waals surface area contributed by atoms with E-state index in [-0.39, 0.29) is 6.61 Å². The molecule has 25 heavy (non-hydrogen) atoms. The lowest BCUT2D eigenvalue weighted by molar-refractivity contribution is -0.126. The van der Waals surface area contributed by atoms with E-state index in [1.54, 1.807) is 12.1 Å². The molecule has 0 bridgehead atoms. The number of amides is 1. The van der Waals surface area contributed by atoms with Gasteiger partial charge in [-0.15, -0.1) is 0 Å².